The summed E-state index contributed by atoms with van der Waals surface area (Å²) in [4.78, 5) is 11.1. The predicted octanol–water partition coefficient (Wildman–Crippen LogP) is 0.961. The number of esters is 1. The Kier molecular flexibility index (Phi) is 5.13. The molecule has 3 N–H and O–H groups in total. The van der Waals surface area contributed by atoms with Gasteiger partial charge in [0.2, 0.25) is 0 Å². The lowest BCUT2D eigenvalue weighted by molar-refractivity contribution is -0.145. The number of aliphatic hydroxyl groups excluding tert-OH is 1. The average molecular weight is 279 g/mol. The first-order valence-electron chi connectivity index (χ1n) is 5.12. The molecule has 0 fully saturated rings. The second kappa shape index (κ2) is 6.39. The van der Waals surface area contributed by atoms with Crippen molar-refractivity contribution < 1.29 is 32.5 Å². The Morgan fingerprint density at radius 3 is 2.53 bits per heavy atom. The van der Waals surface area contributed by atoms with E-state index in [1.165, 1.54) is 0 Å². The van der Waals surface area contributed by atoms with Gasteiger partial charge in [0.15, 0.2) is 11.6 Å². The van der Waals surface area contributed by atoms with E-state index in [2.05, 4.69) is 9.47 Å². The molecule has 1 rings (SSSR count). The van der Waals surface area contributed by atoms with Crippen LogP contribution in [0.15, 0.2) is 18.2 Å². The monoisotopic (exact) mass is 279 g/mol. The first-order valence-corrected chi connectivity index (χ1v) is 5.12. The van der Waals surface area contributed by atoms with Gasteiger partial charge in [0.1, 0.15) is 12.1 Å². The Morgan fingerprint density at radius 2 is 2.05 bits per heavy atom. The number of rotatable bonds is 5. The summed E-state index contributed by atoms with van der Waals surface area (Å²) in [5.41, 5.74) is 5.32. The van der Waals surface area contributed by atoms with Crippen molar-refractivity contribution in [2.24, 2.45) is 5.73 Å². The van der Waals surface area contributed by atoms with Crippen LogP contribution >= 0.6 is 0 Å². The van der Waals surface area contributed by atoms with Gasteiger partial charge in [-0.1, -0.05) is 6.07 Å². The van der Waals surface area contributed by atoms with Crippen molar-refractivity contribution in [2.45, 2.75) is 18.8 Å². The van der Waals surface area contributed by atoms with Crippen molar-refractivity contribution >= 4 is 5.97 Å². The Balaban J connectivity index is 2.91. The quantitative estimate of drug-likeness (QED) is 0.785. The molecule has 0 spiro atoms. The Hall–Kier alpha value is -1.80. The zero-order chi connectivity index (χ0) is 14.6. The number of alkyl halides is 2. The highest BCUT2D eigenvalue weighted by atomic mass is 19.3. The lowest BCUT2D eigenvalue weighted by atomic mass is 10.0. The molecule has 1 aromatic rings. The summed E-state index contributed by atoms with van der Waals surface area (Å²) in [5, 5.41) is 9.71. The van der Waals surface area contributed by atoms with Crippen molar-refractivity contribution in [2.75, 3.05) is 7.11 Å². The van der Waals surface area contributed by atoms with Gasteiger partial charge in [-0.3, -0.25) is 4.79 Å². The van der Waals surface area contributed by atoms with E-state index in [0.717, 1.165) is 25.3 Å². The highest BCUT2D eigenvalue weighted by Crippen LogP contribution is 2.24. The summed E-state index contributed by atoms with van der Waals surface area (Å²) < 4.78 is 45.4. The summed E-state index contributed by atoms with van der Waals surface area (Å²) in [6, 6.07) is 1.37. The molecule has 0 saturated heterocycles. The van der Waals surface area contributed by atoms with E-state index >= 15 is 0 Å². The molecule has 8 heteroatoms. The summed E-state index contributed by atoms with van der Waals surface area (Å²) in [7, 11) is 1.08. The van der Waals surface area contributed by atoms with Crippen LogP contribution in [0.5, 0.6) is 5.75 Å². The number of methoxy groups -OCH3 is 1. The van der Waals surface area contributed by atoms with Crippen LogP contribution in [-0.4, -0.2) is 30.8 Å². The van der Waals surface area contributed by atoms with E-state index in [0.29, 0.717) is 0 Å². The number of ether oxygens (including phenoxy) is 2. The molecule has 19 heavy (non-hydrogen) atoms. The largest absolute Gasteiger partial charge is 0.468 e. The van der Waals surface area contributed by atoms with Gasteiger partial charge in [-0.15, -0.1) is 0 Å². The summed E-state index contributed by atoms with van der Waals surface area (Å²) in [6.45, 7) is -3.16. The predicted molar refractivity (Wildman–Crippen MR) is 58.0 cm³/mol. The SMILES string of the molecule is COC(=O)[C@@H](N)[C@H](O)c1ccc(OC(F)F)c(F)c1. The fourth-order valence-corrected chi connectivity index (χ4v) is 1.36. The maximum absolute atomic E-state index is 13.4. The van der Waals surface area contributed by atoms with Gasteiger partial charge >= 0.3 is 12.6 Å². The van der Waals surface area contributed by atoms with E-state index < -0.39 is 36.3 Å². The minimum absolute atomic E-state index is 0.0583. The summed E-state index contributed by atoms with van der Waals surface area (Å²) in [6.07, 6.45) is -1.53. The van der Waals surface area contributed by atoms with Gasteiger partial charge in [0, 0.05) is 0 Å². The second-order valence-electron chi connectivity index (χ2n) is 3.56. The molecule has 5 nitrogen and oxygen atoms in total. The van der Waals surface area contributed by atoms with Crippen LogP contribution in [0.2, 0.25) is 0 Å². The minimum Gasteiger partial charge on any atom is -0.468 e. The molecule has 2 atom stereocenters. The van der Waals surface area contributed by atoms with Crippen molar-refractivity contribution in [3.8, 4) is 5.75 Å². The zero-order valence-electron chi connectivity index (χ0n) is 9.85. The Labute approximate surface area is 106 Å². The molecule has 0 radical (unpaired) electrons. The van der Waals surface area contributed by atoms with Gasteiger partial charge in [-0.2, -0.15) is 8.78 Å². The lowest BCUT2D eigenvalue weighted by Gasteiger charge is -2.17. The number of benzene rings is 1. The minimum atomic E-state index is -3.16. The van der Waals surface area contributed by atoms with Gasteiger partial charge < -0.3 is 20.3 Å². The molecule has 0 unspecified atom stereocenters. The van der Waals surface area contributed by atoms with E-state index in [-0.39, 0.29) is 5.56 Å². The molecule has 1 aromatic carbocycles. The maximum Gasteiger partial charge on any atom is 0.387 e. The van der Waals surface area contributed by atoms with Crippen LogP contribution in [-0.2, 0) is 9.53 Å². The highest BCUT2D eigenvalue weighted by molar-refractivity contribution is 5.76. The summed E-state index contributed by atoms with van der Waals surface area (Å²) >= 11 is 0. The Bertz CT molecular complexity index is 456. The molecule has 0 aliphatic heterocycles. The molecular formula is C11H12F3NO4. The molecule has 0 aliphatic rings. The molecule has 0 aromatic heterocycles. The van der Waals surface area contributed by atoms with Crippen LogP contribution < -0.4 is 10.5 Å². The number of carbonyl (C=O) groups is 1. The molecule has 0 amide bonds. The number of carbonyl (C=O) groups excluding carboxylic acids is 1. The van der Waals surface area contributed by atoms with Crippen LogP contribution in [0.3, 0.4) is 0 Å². The van der Waals surface area contributed by atoms with Gasteiger partial charge in [-0.25, -0.2) is 4.39 Å². The average Bonchev–Trinajstić information content (AvgIpc) is 2.38. The highest BCUT2D eigenvalue weighted by Gasteiger charge is 2.25. The van der Waals surface area contributed by atoms with E-state index in [9.17, 15) is 23.1 Å². The fourth-order valence-electron chi connectivity index (χ4n) is 1.36. The van der Waals surface area contributed by atoms with E-state index in [1.807, 2.05) is 0 Å². The molecule has 0 bridgehead atoms. The summed E-state index contributed by atoms with van der Waals surface area (Å²) in [5.74, 6) is -2.66. The van der Waals surface area contributed by atoms with Crippen molar-refractivity contribution in [3.63, 3.8) is 0 Å². The van der Waals surface area contributed by atoms with Gasteiger partial charge in [0.25, 0.3) is 0 Å². The lowest BCUT2D eigenvalue weighted by Crippen LogP contribution is -2.37. The standard InChI is InChI=1S/C11H12F3NO4/c1-18-10(17)8(15)9(16)5-2-3-7(6(12)4-5)19-11(13)14/h2-4,8-9,11,16H,15H2,1H3/t8-,9+/m0/s1. The molecule has 0 heterocycles. The van der Waals surface area contributed by atoms with Crippen molar-refractivity contribution in [1.29, 1.82) is 0 Å². The van der Waals surface area contributed by atoms with Crippen LogP contribution in [0.25, 0.3) is 0 Å². The third-order valence-corrected chi connectivity index (χ3v) is 2.33. The van der Waals surface area contributed by atoms with E-state index in [4.69, 9.17) is 5.73 Å². The third kappa shape index (κ3) is 3.83. The van der Waals surface area contributed by atoms with Crippen LogP contribution in [0, 0.1) is 5.82 Å². The van der Waals surface area contributed by atoms with Crippen molar-refractivity contribution in [3.05, 3.63) is 29.6 Å². The van der Waals surface area contributed by atoms with Crippen molar-refractivity contribution in [1.82, 2.24) is 0 Å². The molecule has 0 saturated carbocycles. The molecule has 106 valence electrons. The zero-order valence-corrected chi connectivity index (χ0v) is 9.85. The number of aliphatic hydroxyl groups is 1. The first-order chi connectivity index (χ1) is 8.86. The molecular weight excluding hydrogens is 267 g/mol. The van der Waals surface area contributed by atoms with Gasteiger partial charge in [0.05, 0.1) is 7.11 Å². The van der Waals surface area contributed by atoms with Gasteiger partial charge in [-0.05, 0) is 17.7 Å². The topological polar surface area (TPSA) is 81.8 Å². The second-order valence-corrected chi connectivity index (χ2v) is 3.56. The maximum atomic E-state index is 13.4. The first kappa shape index (κ1) is 15.3. The molecule has 0 aliphatic carbocycles. The van der Waals surface area contributed by atoms with Crippen LogP contribution in [0.1, 0.15) is 11.7 Å². The van der Waals surface area contributed by atoms with E-state index in [1.54, 1.807) is 0 Å². The smallest absolute Gasteiger partial charge is 0.387 e. The number of hydrogen-bond donors (Lipinski definition) is 2. The normalized spacial score (nSPS) is 14.1. The third-order valence-electron chi connectivity index (χ3n) is 2.33. The number of halogens is 3. The fraction of sp³-hybridized carbons (Fsp3) is 0.364. The number of nitrogens with two attached hydrogens (primary N) is 1. The Morgan fingerprint density at radius 1 is 1.42 bits per heavy atom. The number of hydrogen-bond acceptors (Lipinski definition) is 5. The van der Waals surface area contributed by atoms with Crippen LogP contribution in [0.4, 0.5) is 13.2 Å².